The molecule has 0 heterocycles. The van der Waals surface area contributed by atoms with Gasteiger partial charge in [0.1, 0.15) is 0 Å². The predicted molar refractivity (Wildman–Crippen MR) is 196 cm³/mol. The van der Waals surface area contributed by atoms with Crippen LogP contribution in [0.25, 0.3) is 54.6 Å². The van der Waals surface area contributed by atoms with Crippen molar-refractivity contribution >= 4 is 59.6 Å². The number of aryl methyl sites for hydroxylation is 2. The SMILES string of the molecule is CCc1cc2c(-c3cccc4ccccc34)cccc2[cH-]1.C[Si].Cc1cc2c(-c3ccccc3)cccc2[cH-]1.[CH2-]C.[Cl][Zr][Cl]. The van der Waals surface area contributed by atoms with E-state index in [0.717, 1.165) is 6.42 Å². The van der Waals surface area contributed by atoms with E-state index >= 15 is 0 Å². The normalized spacial score (nSPS) is 9.91. The summed E-state index contributed by atoms with van der Waals surface area (Å²) in [6, 6.07) is 48.0. The van der Waals surface area contributed by atoms with Gasteiger partial charge in [-0.15, -0.1) is 69.1 Å². The molecule has 0 amide bonds. The molecule has 0 aliphatic carbocycles. The van der Waals surface area contributed by atoms with Gasteiger partial charge in [0.05, 0.1) is 0 Å². The summed E-state index contributed by atoms with van der Waals surface area (Å²) in [5, 5.41) is 8.02. The topological polar surface area (TPSA) is 0 Å². The van der Waals surface area contributed by atoms with E-state index in [4.69, 9.17) is 17.0 Å². The molecule has 7 rings (SSSR count). The first-order valence-corrected chi connectivity index (χ1v) is 22.0. The van der Waals surface area contributed by atoms with Gasteiger partial charge in [0.15, 0.2) is 0 Å². The second kappa shape index (κ2) is 18.9. The molecule has 0 saturated carbocycles. The van der Waals surface area contributed by atoms with Crippen LogP contribution in [0.5, 0.6) is 0 Å². The van der Waals surface area contributed by atoms with Crippen LogP contribution in [0.2, 0.25) is 6.55 Å². The molecular weight excluding hydrogens is 671 g/mol. The van der Waals surface area contributed by atoms with Crippen LogP contribution in [0, 0.1) is 13.8 Å². The molecular formula is C40H38Cl2SiZr-3. The summed E-state index contributed by atoms with van der Waals surface area (Å²) in [6.07, 6.45) is 1.09. The monoisotopic (exact) mass is 706 g/mol. The fourth-order valence-electron chi connectivity index (χ4n) is 5.45. The van der Waals surface area contributed by atoms with Crippen LogP contribution < -0.4 is 0 Å². The van der Waals surface area contributed by atoms with E-state index in [-0.39, 0.29) is 0 Å². The number of hydrogen-bond donors (Lipinski definition) is 0. The molecule has 0 spiro atoms. The molecule has 0 atom stereocenters. The van der Waals surface area contributed by atoms with Crippen molar-refractivity contribution in [2.75, 3.05) is 0 Å². The molecule has 44 heavy (non-hydrogen) atoms. The average molecular weight is 709 g/mol. The molecule has 0 unspecified atom stereocenters. The zero-order valence-corrected chi connectivity index (χ0v) is 30.8. The van der Waals surface area contributed by atoms with E-state index in [2.05, 4.69) is 164 Å². The quantitative estimate of drug-likeness (QED) is 0.127. The minimum atomic E-state index is -0.826. The fourth-order valence-corrected chi connectivity index (χ4v) is 5.45. The Labute approximate surface area is 285 Å². The third kappa shape index (κ3) is 8.92. The first-order chi connectivity index (χ1) is 21.6. The van der Waals surface area contributed by atoms with Crippen LogP contribution in [-0.4, -0.2) is 10.2 Å². The maximum absolute atomic E-state index is 4.93. The average Bonchev–Trinajstić information content (AvgIpc) is 3.70. The molecule has 223 valence electrons. The third-order valence-corrected chi connectivity index (χ3v) is 7.28. The summed E-state index contributed by atoms with van der Waals surface area (Å²) in [5.41, 5.74) is 8.02. The second-order valence-electron chi connectivity index (χ2n) is 9.83. The molecule has 7 aromatic carbocycles. The van der Waals surface area contributed by atoms with E-state index in [0.29, 0.717) is 0 Å². The van der Waals surface area contributed by atoms with Gasteiger partial charge < -0.3 is 6.92 Å². The van der Waals surface area contributed by atoms with E-state index in [1.165, 1.54) is 65.7 Å². The Hall–Kier alpha value is -2.74. The zero-order chi connectivity index (χ0) is 31.9. The summed E-state index contributed by atoms with van der Waals surface area (Å²) < 4.78 is 0. The van der Waals surface area contributed by atoms with Crippen molar-refractivity contribution in [2.24, 2.45) is 0 Å². The summed E-state index contributed by atoms with van der Waals surface area (Å²) in [4.78, 5) is 0. The van der Waals surface area contributed by atoms with Crippen LogP contribution in [0.3, 0.4) is 0 Å². The number of fused-ring (bicyclic) bond motifs is 3. The van der Waals surface area contributed by atoms with Gasteiger partial charge in [-0.1, -0.05) is 116 Å². The number of benzene rings is 5. The van der Waals surface area contributed by atoms with Crippen molar-refractivity contribution in [1.29, 1.82) is 0 Å². The maximum atomic E-state index is 4.93. The molecule has 0 aliphatic heterocycles. The Balaban J connectivity index is 0.000000205. The Morgan fingerprint density at radius 3 is 1.77 bits per heavy atom. The van der Waals surface area contributed by atoms with Crippen LogP contribution >= 0.6 is 17.0 Å². The van der Waals surface area contributed by atoms with Crippen LogP contribution in [0.15, 0.2) is 133 Å². The van der Waals surface area contributed by atoms with Crippen molar-refractivity contribution in [2.45, 2.75) is 33.7 Å². The van der Waals surface area contributed by atoms with Crippen molar-refractivity contribution < 1.29 is 20.8 Å². The van der Waals surface area contributed by atoms with Gasteiger partial charge in [-0.2, -0.15) is 19.1 Å². The Bertz CT molecular complexity index is 1850. The van der Waals surface area contributed by atoms with Gasteiger partial charge in [0.2, 0.25) is 0 Å². The van der Waals surface area contributed by atoms with E-state index in [1.807, 2.05) is 0 Å². The second-order valence-corrected chi connectivity index (χ2v) is 13.6. The van der Waals surface area contributed by atoms with Gasteiger partial charge in [-0.3, -0.25) is 0 Å². The van der Waals surface area contributed by atoms with Gasteiger partial charge >= 0.3 is 37.9 Å². The molecule has 4 heteroatoms. The molecule has 0 aliphatic rings. The van der Waals surface area contributed by atoms with Gasteiger partial charge in [-0.05, 0) is 28.3 Å². The number of halogens is 2. The molecule has 0 aromatic heterocycles. The van der Waals surface area contributed by atoms with Crippen molar-refractivity contribution in [3.8, 4) is 22.3 Å². The summed E-state index contributed by atoms with van der Waals surface area (Å²) in [7, 11) is 12.8. The molecule has 0 bridgehead atoms. The third-order valence-electron chi connectivity index (χ3n) is 7.28. The molecule has 0 N–H and O–H groups in total. The Kier molecular flexibility index (Phi) is 15.4. The van der Waals surface area contributed by atoms with E-state index < -0.39 is 20.8 Å². The van der Waals surface area contributed by atoms with Crippen LogP contribution in [-0.2, 0) is 27.3 Å². The molecule has 0 saturated heterocycles. The first kappa shape index (κ1) is 35.7. The summed E-state index contributed by atoms with van der Waals surface area (Å²) in [5.74, 6) is 0. The Morgan fingerprint density at radius 2 is 1.11 bits per heavy atom. The molecule has 3 radical (unpaired) electrons. The number of hydrogen-bond acceptors (Lipinski definition) is 0. The van der Waals surface area contributed by atoms with Gasteiger partial charge in [0.25, 0.3) is 0 Å². The van der Waals surface area contributed by atoms with Gasteiger partial charge in [-0.25, -0.2) is 0 Å². The van der Waals surface area contributed by atoms with E-state index in [1.54, 1.807) is 13.5 Å². The van der Waals surface area contributed by atoms with E-state index in [9.17, 15) is 0 Å². The van der Waals surface area contributed by atoms with Crippen molar-refractivity contribution in [1.82, 2.24) is 0 Å². The molecule has 0 fully saturated rings. The number of rotatable bonds is 3. The fraction of sp³-hybridized carbons (Fsp3) is 0.125. The van der Waals surface area contributed by atoms with Crippen molar-refractivity contribution in [3.05, 3.63) is 152 Å². The Morgan fingerprint density at radius 1 is 0.614 bits per heavy atom. The summed E-state index contributed by atoms with van der Waals surface area (Å²) >= 11 is -0.826. The molecule has 0 nitrogen and oxygen atoms in total. The van der Waals surface area contributed by atoms with Crippen molar-refractivity contribution in [3.63, 3.8) is 0 Å². The predicted octanol–water partition coefficient (Wildman–Crippen LogP) is 12.9. The molecule has 7 aromatic rings. The van der Waals surface area contributed by atoms with Crippen LogP contribution in [0.4, 0.5) is 0 Å². The zero-order valence-electron chi connectivity index (χ0n) is 25.9. The summed E-state index contributed by atoms with van der Waals surface area (Å²) in [6.45, 7) is 11.2. The minimum absolute atomic E-state index is 0.826. The first-order valence-electron chi connectivity index (χ1n) is 14.7. The van der Waals surface area contributed by atoms with Gasteiger partial charge in [0, 0.05) is 10.2 Å². The van der Waals surface area contributed by atoms with Crippen LogP contribution in [0.1, 0.15) is 25.0 Å². The standard InChI is InChI=1S/C21H17.C16H13.C2H5.CH3Si.2ClH.Zr/c1-2-15-13-17-9-6-12-20(21(17)14-15)19-11-5-8-16-7-3-4-10-18(16)19;1-12-10-14-8-5-9-15(16(14)11-12)13-6-3-2-4-7-13;2*1-2;;;/h3-14H,2H2,1H3;2-11H,1H3;1H2,2H3;1H3;2*1H;/q3*-1;;;;+2/p-2.